The maximum atomic E-state index is 15.5. The molecular formula is C28H37FN4O3S. The number of aliphatic carboxylic acids is 1. The van der Waals surface area contributed by atoms with Crippen molar-refractivity contribution in [3.05, 3.63) is 48.5 Å². The monoisotopic (exact) mass is 528 g/mol. The number of nitrogens with zero attached hydrogens (tertiary/aromatic N) is 4. The number of halogens is 1. The largest absolute Gasteiger partial charge is 0.497 e. The first kappa shape index (κ1) is 27.4. The van der Waals surface area contributed by atoms with Crippen molar-refractivity contribution in [2.75, 3.05) is 32.5 Å². The summed E-state index contributed by atoms with van der Waals surface area (Å²) in [5.74, 6) is 1.56. The standard InChI is InChI=1S/C28H37FN4O3S/c1-32-19-30-17-27(32)37-15-3-13-33-14-11-20(21(18-33)5-9-28(34)35)4-7-25(29)23-10-12-31-26-8-6-22(36-2)16-24(23)26/h6,8,10,12,16-17,19-21,25H,3-5,7,9,11,13-15,18H2,1-2H3,(H,34,35)/t20?,21?,25-/m0/s1. The highest BCUT2D eigenvalue weighted by molar-refractivity contribution is 7.99. The minimum absolute atomic E-state index is 0.166. The number of aryl methyl sites for hydroxylation is 1. The number of methoxy groups -OCH3 is 1. The van der Waals surface area contributed by atoms with Gasteiger partial charge >= 0.3 is 5.97 Å². The van der Waals surface area contributed by atoms with Crippen LogP contribution in [-0.2, 0) is 11.8 Å². The Morgan fingerprint density at radius 2 is 2.16 bits per heavy atom. The van der Waals surface area contributed by atoms with E-state index in [0.29, 0.717) is 30.1 Å². The van der Waals surface area contributed by atoms with Gasteiger partial charge in [-0.1, -0.05) is 0 Å². The van der Waals surface area contributed by atoms with Crippen LogP contribution in [0.2, 0.25) is 0 Å². The van der Waals surface area contributed by atoms with Gasteiger partial charge < -0.3 is 19.3 Å². The number of piperidine rings is 1. The van der Waals surface area contributed by atoms with Crippen molar-refractivity contribution < 1.29 is 19.0 Å². The van der Waals surface area contributed by atoms with Gasteiger partial charge in [0.25, 0.3) is 0 Å². The van der Waals surface area contributed by atoms with Crippen LogP contribution in [0.3, 0.4) is 0 Å². The molecule has 2 aromatic heterocycles. The van der Waals surface area contributed by atoms with E-state index in [1.807, 2.05) is 54.1 Å². The van der Waals surface area contributed by atoms with Crippen molar-refractivity contribution in [2.24, 2.45) is 18.9 Å². The van der Waals surface area contributed by atoms with Crippen molar-refractivity contribution in [1.29, 1.82) is 0 Å². The van der Waals surface area contributed by atoms with Gasteiger partial charge in [-0.3, -0.25) is 9.78 Å². The molecule has 1 aliphatic heterocycles. The molecule has 9 heteroatoms. The van der Waals surface area contributed by atoms with Gasteiger partial charge in [-0.15, -0.1) is 11.8 Å². The number of thioether (sulfide) groups is 1. The van der Waals surface area contributed by atoms with E-state index in [1.165, 1.54) is 5.03 Å². The molecule has 0 amide bonds. The number of imidazole rings is 1. The molecule has 1 aromatic carbocycles. The van der Waals surface area contributed by atoms with Gasteiger partial charge in [-0.2, -0.15) is 0 Å². The molecule has 3 atom stereocenters. The fraction of sp³-hybridized carbons (Fsp3) is 0.536. The number of aromatic nitrogens is 3. The Morgan fingerprint density at radius 3 is 2.92 bits per heavy atom. The second-order valence-electron chi connectivity index (χ2n) is 9.91. The van der Waals surface area contributed by atoms with E-state index in [0.717, 1.165) is 55.6 Å². The van der Waals surface area contributed by atoms with E-state index in [9.17, 15) is 9.90 Å². The summed E-state index contributed by atoms with van der Waals surface area (Å²) >= 11 is 1.81. The van der Waals surface area contributed by atoms with Crippen LogP contribution in [0.4, 0.5) is 4.39 Å². The van der Waals surface area contributed by atoms with E-state index >= 15 is 4.39 Å². The van der Waals surface area contributed by atoms with Crippen LogP contribution in [-0.4, -0.2) is 63.0 Å². The number of likely N-dealkylation sites (tertiary alicyclic amines) is 1. The molecule has 0 spiro atoms. The van der Waals surface area contributed by atoms with E-state index in [4.69, 9.17) is 4.74 Å². The Labute approximate surface area is 222 Å². The maximum Gasteiger partial charge on any atom is 0.303 e. The van der Waals surface area contributed by atoms with Crippen molar-refractivity contribution in [3.8, 4) is 5.75 Å². The predicted octanol–water partition coefficient (Wildman–Crippen LogP) is 5.75. The van der Waals surface area contributed by atoms with Crippen LogP contribution in [0, 0.1) is 11.8 Å². The average molecular weight is 529 g/mol. The second kappa shape index (κ2) is 13.2. The summed E-state index contributed by atoms with van der Waals surface area (Å²) in [6.45, 7) is 2.87. The molecule has 4 rings (SSSR count). The fourth-order valence-corrected chi connectivity index (χ4v) is 6.26. The molecule has 7 nitrogen and oxygen atoms in total. The third-order valence-corrected chi connectivity index (χ3v) is 8.64. The van der Waals surface area contributed by atoms with E-state index < -0.39 is 12.1 Å². The summed E-state index contributed by atoms with van der Waals surface area (Å²) in [4.78, 5) is 22.3. The first-order valence-electron chi connectivity index (χ1n) is 13.0. The number of carbonyl (C=O) groups is 1. The lowest BCUT2D eigenvalue weighted by Gasteiger charge is -2.39. The normalized spacial score (nSPS) is 19.2. The molecule has 200 valence electrons. The topological polar surface area (TPSA) is 80.5 Å². The molecule has 0 radical (unpaired) electrons. The van der Waals surface area contributed by atoms with Crippen LogP contribution in [0.5, 0.6) is 5.75 Å². The number of carboxylic acids is 1. The zero-order valence-electron chi connectivity index (χ0n) is 21.7. The van der Waals surface area contributed by atoms with Gasteiger partial charge in [-0.05, 0) is 86.9 Å². The first-order valence-corrected chi connectivity index (χ1v) is 14.0. The molecule has 1 saturated heterocycles. The second-order valence-corrected chi connectivity index (χ2v) is 11.0. The van der Waals surface area contributed by atoms with E-state index in [1.54, 1.807) is 19.4 Å². The highest BCUT2D eigenvalue weighted by Crippen LogP contribution is 2.36. The predicted molar refractivity (Wildman–Crippen MR) is 145 cm³/mol. The van der Waals surface area contributed by atoms with Crippen molar-refractivity contribution in [1.82, 2.24) is 19.4 Å². The number of carboxylic acid groups (broad SMARTS) is 1. The Morgan fingerprint density at radius 1 is 1.30 bits per heavy atom. The van der Waals surface area contributed by atoms with Crippen LogP contribution < -0.4 is 4.74 Å². The van der Waals surface area contributed by atoms with Crippen molar-refractivity contribution in [2.45, 2.75) is 49.7 Å². The Hall–Kier alpha value is -2.65. The first-order chi connectivity index (χ1) is 17.9. The third-order valence-electron chi connectivity index (χ3n) is 7.46. The molecule has 1 fully saturated rings. The summed E-state index contributed by atoms with van der Waals surface area (Å²) < 4.78 is 22.9. The highest BCUT2D eigenvalue weighted by atomic mass is 32.2. The minimum atomic E-state index is -1.10. The Kier molecular flexibility index (Phi) is 9.80. The number of rotatable bonds is 13. The molecule has 0 bridgehead atoms. The number of benzene rings is 1. The van der Waals surface area contributed by atoms with Gasteiger partial charge in [-0.25, -0.2) is 9.37 Å². The summed E-state index contributed by atoms with van der Waals surface area (Å²) in [7, 11) is 3.61. The number of alkyl halides is 1. The maximum absolute atomic E-state index is 15.5. The third kappa shape index (κ3) is 7.45. The van der Waals surface area contributed by atoms with Gasteiger partial charge in [0.15, 0.2) is 0 Å². The number of hydrogen-bond donors (Lipinski definition) is 1. The van der Waals surface area contributed by atoms with Crippen molar-refractivity contribution >= 4 is 28.6 Å². The molecule has 1 aliphatic rings. The van der Waals surface area contributed by atoms with Crippen LogP contribution in [0.25, 0.3) is 10.9 Å². The highest BCUT2D eigenvalue weighted by Gasteiger charge is 2.30. The summed E-state index contributed by atoms with van der Waals surface area (Å²) in [6.07, 6.45) is 8.31. The summed E-state index contributed by atoms with van der Waals surface area (Å²) in [6, 6.07) is 7.31. The molecule has 1 N–H and O–H groups in total. The van der Waals surface area contributed by atoms with Crippen molar-refractivity contribution in [3.63, 3.8) is 0 Å². The van der Waals surface area contributed by atoms with Crippen LogP contribution in [0.15, 0.2) is 48.0 Å². The molecule has 3 heterocycles. The summed E-state index contributed by atoms with van der Waals surface area (Å²) in [5.41, 5.74) is 1.41. The molecule has 0 aliphatic carbocycles. The molecule has 3 aromatic rings. The number of fused-ring (bicyclic) bond motifs is 1. The van der Waals surface area contributed by atoms with Gasteiger partial charge in [0.2, 0.25) is 0 Å². The lowest BCUT2D eigenvalue weighted by Crippen LogP contribution is -2.41. The van der Waals surface area contributed by atoms with Gasteiger partial charge in [0, 0.05) is 37.3 Å². The van der Waals surface area contributed by atoms with Crippen LogP contribution in [0.1, 0.15) is 50.3 Å². The Bertz CT molecular complexity index is 1170. The van der Waals surface area contributed by atoms with E-state index in [2.05, 4.69) is 14.9 Å². The number of pyridine rings is 1. The fourth-order valence-electron chi connectivity index (χ4n) is 5.39. The summed E-state index contributed by atoms with van der Waals surface area (Å²) in [5, 5.41) is 11.2. The lowest BCUT2D eigenvalue weighted by molar-refractivity contribution is -0.137. The molecule has 37 heavy (non-hydrogen) atoms. The van der Waals surface area contributed by atoms with E-state index in [-0.39, 0.29) is 12.3 Å². The minimum Gasteiger partial charge on any atom is -0.497 e. The quantitative estimate of drug-likeness (QED) is 0.223. The van der Waals surface area contributed by atoms with Gasteiger partial charge in [0.1, 0.15) is 11.9 Å². The molecule has 2 unspecified atom stereocenters. The zero-order valence-corrected chi connectivity index (χ0v) is 22.5. The number of ether oxygens (including phenoxy) is 1. The average Bonchev–Trinajstić information content (AvgIpc) is 3.32. The van der Waals surface area contributed by atoms with Gasteiger partial charge in [0.05, 0.1) is 30.2 Å². The SMILES string of the molecule is COc1ccc2nccc([C@@H](F)CCC3CCN(CCCSc4cncn4C)CC3CCC(=O)O)c2c1. The Balaban J connectivity index is 1.32. The lowest BCUT2D eigenvalue weighted by atomic mass is 9.79. The molecule has 0 saturated carbocycles. The van der Waals surface area contributed by atoms with Crippen LogP contribution >= 0.6 is 11.8 Å². The number of hydrogen-bond acceptors (Lipinski definition) is 6. The smallest absolute Gasteiger partial charge is 0.303 e. The molecular weight excluding hydrogens is 491 g/mol. The zero-order chi connectivity index (χ0) is 26.2.